The first kappa shape index (κ1) is 63.0. The van der Waals surface area contributed by atoms with Crippen LogP contribution in [-0.2, 0) is 27.2 Å². The number of carbonyl (C=O) groups is 1. The summed E-state index contributed by atoms with van der Waals surface area (Å²) in [5.41, 5.74) is 0. The molecule has 0 radical (unpaired) electrons. The van der Waals surface area contributed by atoms with E-state index < -0.39 is 17.1 Å². The lowest BCUT2D eigenvalue weighted by Crippen LogP contribution is -2.50. The molecule has 0 fully saturated rings. The fraction of sp³-hybridized carbons (Fsp3) is 0.981. The lowest BCUT2D eigenvalue weighted by molar-refractivity contribution is -0.143. The van der Waals surface area contributed by atoms with Crippen LogP contribution in [0.2, 0.25) is 26.2 Å². The topological polar surface area (TPSA) is 86.7 Å². The van der Waals surface area contributed by atoms with Crippen molar-refractivity contribution in [3.63, 3.8) is 0 Å². The standard InChI is InChI=1S/C52H109NO7SSi2/c1-9-13-17-20-22-23-30-39-49-61-50(40-16-12-4)52(55)57-47-37-29-26-33-43-53(44-34-35-45-54)42-32-25-28-36-46-56-51(41-31-24-19-15-11-3)59-63(7,8)60-62(5,6)58-48-38-27-21-18-14-10-2/h50-51,54H,9-49H2,1-8H3. The Kier molecular flexibility index (Phi) is 45.8. The SMILES string of the molecule is CCCCCCCCCCSC(CCCC)C(=O)OCCCCCCN(CCCCO)CCCCCCOC(CCCCCCC)O[Si](C)(C)O[Si](C)(C)OCCCCCCCC. The van der Waals surface area contributed by atoms with E-state index in [-0.39, 0.29) is 24.1 Å². The molecule has 1 N–H and O–H groups in total. The smallest absolute Gasteiger partial charge is 0.324 e. The first-order valence-corrected chi connectivity index (χ1v) is 34.0. The molecule has 2 atom stereocenters. The Balaban J connectivity index is 4.59. The highest BCUT2D eigenvalue weighted by Crippen LogP contribution is 2.24. The monoisotopic (exact) mass is 948 g/mol. The minimum Gasteiger partial charge on any atom is -0.465 e. The van der Waals surface area contributed by atoms with Gasteiger partial charge in [0.2, 0.25) is 0 Å². The Morgan fingerprint density at radius 2 is 0.968 bits per heavy atom. The van der Waals surface area contributed by atoms with E-state index in [1.165, 1.54) is 128 Å². The van der Waals surface area contributed by atoms with Gasteiger partial charge in [0, 0.05) is 19.8 Å². The van der Waals surface area contributed by atoms with Crippen molar-refractivity contribution >= 4 is 34.9 Å². The molecule has 0 aromatic heterocycles. The molecule has 0 amide bonds. The number of aliphatic hydroxyl groups is 1. The normalized spacial score (nSPS) is 13.3. The van der Waals surface area contributed by atoms with Gasteiger partial charge in [-0.3, -0.25) is 4.79 Å². The average Bonchev–Trinajstić information content (AvgIpc) is 3.24. The van der Waals surface area contributed by atoms with Crippen LogP contribution in [0.15, 0.2) is 0 Å². The summed E-state index contributed by atoms with van der Waals surface area (Å²) < 4.78 is 32.0. The fourth-order valence-electron chi connectivity index (χ4n) is 8.22. The van der Waals surface area contributed by atoms with Gasteiger partial charge in [-0.1, -0.05) is 169 Å². The zero-order valence-corrected chi connectivity index (χ0v) is 46.2. The van der Waals surface area contributed by atoms with E-state index in [1.54, 1.807) is 0 Å². The van der Waals surface area contributed by atoms with E-state index in [9.17, 15) is 9.90 Å². The highest BCUT2D eigenvalue weighted by atomic mass is 32.2. The predicted octanol–water partition coefficient (Wildman–Crippen LogP) is 15.7. The molecule has 2 unspecified atom stereocenters. The fourth-order valence-corrected chi connectivity index (χ4v) is 16.0. The lowest BCUT2D eigenvalue weighted by Gasteiger charge is -2.35. The van der Waals surface area contributed by atoms with Crippen LogP contribution in [0.1, 0.15) is 240 Å². The Morgan fingerprint density at radius 3 is 1.52 bits per heavy atom. The summed E-state index contributed by atoms with van der Waals surface area (Å²) in [6, 6.07) is 0. The van der Waals surface area contributed by atoms with Crippen molar-refractivity contribution in [1.29, 1.82) is 0 Å². The maximum absolute atomic E-state index is 13.0. The number of unbranched alkanes of at least 4 members (excludes halogenated alkanes) is 24. The summed E-state index contributed by atoms with van der Waals surface area (Å²) >= 11 is 1.84. The zero-order chi connectivity index (χ0) is 46.5. The molecule has 11 heteroatoms. The van der Waals surface area contributed by atoms with E-state index in [2.05, 4.69) is 58.8 Å². The van der Waals surface area contributed by atoms with E-state index >= 15 is 0 Å². The second-order valence-corrected chi connectivity index (χ2v) is 27.6. The predicted molar refractivity (Wildman–Crippen MR) is 279 cm³/mol. The van der Waals surface area contributed by atoms with Crippen molar-refractivity contribution < 1.29 is 32.3 Å². The average molecular weight is 949 g/mol. The third kappa shape index (κ3) is 43.1. The largest absolute Gasteiger partial charge is 0.465 e. The Bertz CT molecular complexity index is 965. The maximum Gasteiger partial charge on any atom is 0.324 e. The number of esters is 1. The number of aliphatic hydroxyl groups excluding tert-OH is 1. The van der Waals surface area contributed by atoms with Crippen LogP contribution in [0.4, 0.5) is 0 Å². The molecule has 0 aromatic carbocycles. The van der Waals surface area contributed by atoms with E-state index in [0.29, 0.717) is 6.61 Å². The molecule has 8 nitrogen and oxygen atoms in total. The first-order valence-electron chi connectivity index (χ1n) is 27.3. The van der Waals surface area contributed by atoms with E-state index in [4.69, 9.17) is 22.4 Å². The van der Waals surface area contributed by atoms with Crippen molar-refractivity contribution in [1.82, 2.24) is 4.90 Å². The Labute approximate surface area is 399 Å². The Morgan fingerprint density at radius 1 is 0.508 bits per heavy atom. The quantitative estimate of drug-likeness (QED) is 0.0277. The molecule has 0 aliphatic carbocycles. The van der Waals surface area contributed by atoms with Crippen LogP contribution in [0.5, 0.6) is 0 Å². The summed E-state index contributed by atoms with van der Waals surface area (Å²) in [5.74, 6) is 1.09. The van der Waals surface area contributed by atoms with Crippen molar-refractivity contribution in [2.75, 3.05) is 51.8 Å². The van der Waals surface area contributed by atoms with Crippen molar-refractivity contribution in [3.05, 3.63) is 0 Å². The van der Waals surface area contributed by atoms with Gasteiger partial charge in [-0.05, 0) is 122 Å². The number of hydrogen-bond acceptors (Lipinski definition) is 9. The van der Waals surface area contributed by atoms with Gasteiger partial charge in [-0.15, -0.1) is 11.8 Å². The number of rotatable bonds is 51. The maximum atomic E-state index is 13.0. The summed E-state index contributed by atoms with van der Waals surface area (Å²) in [4.78, 5) is 15.6. The number of carbonyl (C=O) groups excluding carboxylic acids is 1. The number of ether oxygens (including phenoxy) is 2. The summed E-state index contributed by atoms with van der Waals surface area (Å²) in [7, 11) is -4.74. The molecular weight excluding hydrogens is 839 g/mol. The number of nitrogens with zero attached hydrogens (tertiary/aromatic N) is 1. The van der Waals surface area contributed by atoms with Gasteiger partial charge >= 0.3 is 23.1 Å². The Hall–Kier alpha value is 0.0138. The van der Waals surface area contributed by atoms with Gasteiger partial charge in [0.1, 0.15) is 11.5 Å². The summed E-state index contributed by atoms with van der Waals surface area (Å²) in [6.07, 6.45) is 39.1. The molecule has 63 heavy (non-hydrogen) atoms. The van der Waals surface area contributed by atoms with E-state index in [1.807, 2.05) is 11.8 Å². The lowest BCUT2D eigenvalue weighted by atomic mass is 10.1. The van der Waals surface area contributed by atoms with Gasteiger partial charge < -0.3 is 32.4 Å². The minimum absolute atomic E-state index is 0.00335. The third-order valence-electron chi connectivity index (χ3n) is 12.0. The van der Waals surface area contributed by atoms with Gasteiger partial charge in [0.15, 0.2) is 0 Å². The molecule has 0 aromatic rings. The summed E-state index contributed by atoms with van der Waals surface area (Å²) in [5, 5.41) is 9.41. The molecular formula is C52H109NO7SSi2. The molecule has 0 rings (SSSR count). The van der Waals surface area contributed by atoms with Crippen molar-refractivity contribution in [2.24, 2.45) is 0 Å². The second-order valence-electron chi connectivity index (χ2n) is 19.4. The van der Waals surface area contributed by atoms with Crippen molar-refractivity contribution in [3.8, 4) is 0 Å². The van der Waals surface area contributed by atoms with Crippen LogP contribution in [0.25, 0.3) is 0 Å². The minimum atomic E-state index is -2.45. The van der Waals surface area contributed by atoms with Crippen LogP contribution < -0.4 is 0 Å². The van der Waals surface area contributed by atoms with Gasteiger partial charge in [-0.25, -0.2) is 0 Å². The van der Waals surface area contributed by atoms with Crippen LogP contribution in [-0.4, -0.2) is 96.5 Å². The number of hydrogen-bond donors (Lipinski definition) is 1. The zero-order valence-electron chi connectivity index (χ0n) is 43.4. The number of thioether (sulfide) groups is 1. The van der Waals surface area contributed by atoms with Crippen LogP contribution >= 0.6 is 11.8 Å². The molecule has 378 valence electrons. The highest BCUT2D eigenvalue weighted by Gasteiger charge is 2.38. The highest BCUT2D eigenvalue weighted by molar-refractivity contribution is 8.00. The second kappa shape index (κ2) is 45.8. The van der Waals surface area contributed by atoms with E-state index in [0.717, 1.165) is 122 Å². The molecule has 0 bridgehead atoms. The molecule has 0 aliphatic rings. The van der Waals surface area contributed by atoms with Crippen molar-refractivity contribution in [2.45, 2.75) is 277 Å². The molecule has 0 saturated carbocycles. The first-order chi connectivity index (χ1) is 30.5. The van der Waals surface area contributed by atoms with Gasteiger partial charge in [0.25, 0.3) is 0 Å². The molecule has 0 spiro atoms. The van der Waals surface area contributed by atoms with Crippen LogP contribution in [0.3, 0.4) is 0 Å². The third-order valence-corrected chi connectivity index (χ3v) is 19.0. The van der Waals surface area contributed by atoms with Gasteiger partial charge in [-0.2, -0.15) is 0 Å². The molecule has 0 saturated heterocycles. The summed E-state index contributed by atoms with van der Waals surface area (Å²) in [6.45, 7) is 23.3. The molecule has 0 aliphatic heterocycles. The van der Waals surface area contributed by atoms with Gasteiger partial charge in [0.05, 0.1) is 6.61 Å². The molecule has 0 heterocycles. The van der Waals surface area contributed by atoms with Crippen LogP contribution in [0, 0.1) is 0 Å².